The van der Waals surface area contributed by atoms with Crippen LogP contribution in [0, 0.1) is 0 Å². The Labute approximate surface area is 208 Å². The summed E-state index contributed by atoms with van der Waals surface area (Å²) in [7, 11) is 1.58. The van der Waals surface area contributed by atoms with Gasteiger partial charge in [0.1, 0.15) is 17.3 Å². The van der Waals surface area contributed by atoms with Crippen molar-refractivity contribution in [1.82, 2.24) is 4.98 Å². The Morgan fingerprint density at radius 1 is 1.03 bits per heavy atom. The van der Waals surface area contributed by atoms with Crippen molar-refractivity contribution in [2.75, 3.05) is 12.0 Å². The zero-order valence-electron chi connectivity index (χ0n) is 20.1. The van der Waals surface area contributed by atoms with Crippen LogP contribution in [0.3, 0.4) is 0 Å². The van der Waals surface area contributed by atoms with Crippen LogP contribution in [-0.4, -0.2) is 34.0 Å². The number of nitrogens with zero attached hydrogens (tertiary/aromatic N) is 1. The number of methoxy groups -OCH3 is 1. The number of anilines is 1. The number of ether oxygens (including phenoxy) is 1. The first kappa shape index (κ1) is 23.2. The summed E-state index contributed by atoms with van der Waals surface area (Å²) in [6.07, 6.45) is 1.73. The molecule has 1 saturated heterocycles. The molecule has 0 saturated carbocycles. The van der Waals surface area contributed by atoms with Crippen LogP contribution in [0.25, 0.3) is 16.7 Å². The Balaban J connectivity index is 1.78. The number of carbonyl (C=O) groups is 2. The number of H-pyrrole nitrogens is 1. The molecule has 1 aromatic heterocycles. The third kappa shape index (κ3) is 3.60. The number of hydrogen-bond acceptors (Lipinski definition) is 5. The number of aromatic hydroxyl groups is 1. The molecule has 1 unspecified atom stereocenters. The van der Waals surface area contributed by atoms with Crippen LogP contribution >= 0.6 is 0 Å². The van der Waals surface area contributed by atoms with Crippen molar-refractivity contribution in [3.8, 4) is 11.5 Å². The number of hydrogen-bond donors (Lipinski definition) is 3. The fourth-order valence-electron chi connectivity index (χ4n) is 4.85. The Morgan fingerprint density at radius 2 is 1.75 bits per heavy atom. The number of phenols is 1. The number of rotatable bonds is 5. The maximum Gasteiger partial charge on any atom is 0.300 e. The number of Topliss-reactive ketones (excluding diaryl/α,β-unsaturated/α-hetero) is 1. The number of aromatic nitrogens is 1. The smallest absolute Gasteiger partial charge is 0.300 e. The third-order valence-corrected chi connectivity index (χ3v) is 6.63. The number of fused-ring (bicyclic) bond motifs is 1. The van der Waals surface area contributed by atoms with E-state index in [9.17, 15) is 19.8 Å². The highest BCUT2D eigenvalue weighted by Gasteiger charge is 2.48. The molecule has 0 aliphatic carbocycles. The standard InChI is InChI=1S/C29H26N2O5/c1-16(2)19-14-17(12-13-24(19)36-3)27(33)25-26(20-15-30-21-9-5-4-8-18(20)21)31(29(35)28(25)34)22-10-6-7-11-23(22)32/h4-16,26,30,32-33H,1-3H3/b27-25+. The van der Waals surface area contributed by atoms with E-state index in [4.69, 9.17) is 4.74 Å². The number of nitrogens with one attached hydrogen (secondary N) is 1. The van der Waals surface area contributed by atoms with Crippen LogP contribution < -0.4 is 9.64 Å². The first-order valence-corrected chi connectivity index (χ1v) is 11.7. The van der Waals surface area contributed by atoms with Crippen molar-refractivity contribution in [3.63, 3.8) is 0 Å². The SMILES string of the molecule is COc1ccc(/C(O)=C2\C(=O)C(=O)N(c3ccccc3O)C2c2c[nH]c3ccccc23)cc1C(C)C. The summed E-state index contributed by atoms with van der Waals surface area (Å²) >= 11 is 0. The topological polar surface area (TPSA) is 103 Å². The first-order chi connectivity index (χ1) is 17.3. The molecule has 1 atom stereocenters. The average molecular weight is 483 g/mol. The predicted octanol–water partition coefficient (Wildman–Crippen LogP) is 5.63. The predicted molar refractivity (Wildman–Crippen MR) is 138 cm³/mol. The van der Waals surface area contributed by atoms with Crippen molar-refractivity contribution in [2.24, 2.45) is 0 Å². The second-order valence-corrected chi connectivity index (χ2v) is 9.06. The van der Waals surface area contributed by atoms with Crippen LogP contribution in [0.4, 0.5) is 5.69 Å². The van der Waals surface area contributed by atoms with Gasteiger partial charge < -0.3 is 19.9 Å². The van der Waals surface area contributed by atoms with E-state index in [-0.39, 0.29) is 28.7 Å². The van der Waals surface area contributed by atoms with Crippen LogP contribution in [0.1, 0.15) is 42.5 Å². The molecule has 7 heteroatoms. The molecular weight excluding hydrogens is 456 g/mol. The minimum Gasteiger partial charge on any atom is -0.507 e. The lowest BCUT2D eigenvalue weighted by Crippen LogP contribution is -2.29. The summed E-state index contributed by atoms with van der Waals surface area (Å²) in [6.45, 7) is 4.01. The maximum absolute atomic E-state index is 13.5. The summed E-state index contributed by atoms with van der Waals surface area (Å²) in [5.41, 5.74) is 2.85. The number of aromatic amines is 1. The van der Waals surface area contributed by atoms with Gasteiger partial charge >= 0.3 is 0 Å². The van der Waals surface area contributed by atoms with Gasteiger partial charge in [-0.25, -0.2) is 0 Å². The van der Waals surface area contributed by atoms with E-state index in [2.05, 4.69) is 4.98 Å². The molecule has 3 N–H and O–H groups in total. The van der Waals surface area contributed by atoms with E-state index in [0.717, 1.165) is 16.5 Å². The van der Waals surface area contributed by atoms with Gasteiger partial charge in [0.15, 0.2) is 0 Å². The number of amides is 1. The normalized spacial score (nSPS) is 17.3. The molecule has 3 aromatic carbocycles. The van der Waals surface area contributed by atoms with Gasteiger partial charge in [-0.3, -0.25) is 14.5 Å². The highest BCUT2D eigenvalue weighted by atomic mass is 16.5. The molecule has 1 aliphatic rings. The van der Waals surface area contributed by atoms with E-state index < -0.39 is 17.7 Å². The lowest BCUT2D eigenvalue weighted by Gasteiger charge is -2.25. The average Bonchev–Trinajstić information content (AvgIpc) is 3.42. The Hall–Kier alpha value is -4.52. The molecule has 1 fully saturated rings. The number of phenolic OH excluding ortho intramolecular Hbond substituents is 1. The van der Waals surface area contributed by atoms with Crippen LogP contribution in [0.2, 0.25) is 0 Å². The number of aliphatic hydroxyl groups excluding tert-OH is 1. The fourth-order valence-corrected chi connectivity index (χ4v) is 4.85. The van der Waals surface area contributed by atoms with Gasteiger partial charge in [0.2, 0.25) is 0 Å². The second-order valence-electron chi connectivity index (χ2n) is 9.06. The van der Waals surface area contributed by atoms with E-state index in [1.165, 1.54) is 11.0 Å². The van der Waals surface area contributed by atoms with E-state index in [1.54, 1.807) is 49.7 Å². The highest BCUT2D eigenvalue weighted by Crippen LogP contribution is 2.46. The van der Waals surface area contributed by atoms with Crippen molar-refractivity contribution in [2.45, 2.75) is 25.8 Å². The molecule has 0 bridgehead atoms. The van der Waals surface area contributed by atoms with E-state index in [0.29, 0.717) is 16.9 Å². The Bertz CT molecular complexity index is 1530. The summed E-state index contributed by atoms with van der Waals surface area (Å²) in [4.78, 5) is 31.3. The van der Waals surface area contributed by atoms with E-state index >= 15 is 0 Å². The Kier molecular flexibility index (Phi) is 5.76. The van der Waals surface area contributed by atoms with Gasteiger partial charge in [-0.15, -0.1) is 0 Å². The van der Waals surface area contributed by atoms with Crippen molar-refractivity contribution >= 4 is 34.0 Å². The van der Waals surface area contributed by atoms with Gasteiger partial charge in [-0.2, -0.15) is 0 Å². The number of benzene rings is 3. The van der Waals surface area contributed by atoms with Crippen molar-refractivity contribution in [1.29, 1.82) is 0 Å². The van der Waals surface area contributed by atoms with Gasteiger partial charge in [0.25, 0.3) is 11.7 Å². The van der Waals surface area contributed by atoms with Crippen molar-refractivity contribution < 1.29 is 24.5 Å². The molecule has 36 heavy (non-hydrogen) atoms. The van der Waals surface area contributed by atoms with Crippen LogP contribution in [0.15, 0.2) is 78.5 Å². The third-order valence-electron chi connectivity index (χ3n) is 6.63. The van der Waals surface area contributed by atoms with Gasteiger partial charge in [-0.05, 0) is 47.9 Å². The van der Waals surface area contributed by atoms with Gasteiger partial charge in [-0.1, -0.05) is 44.2 Å². The molecule has 7 nitrogen and oxygen atoms in total. The lowest BCUT2D eigenvalue weighted by atomic mass is 9.93. The number of aliphatic hydroxyl groups is 1. The molecule has 182 valence electrons. The molecule has 4 aromatic rings. The Morgan fingerprint density at radius 3 is 2.47 bits per heavy atom. The summed E-state index contributed by atoms with van der Waals surface area (Å²) in [5, 5.41) is 22.9. The van der Waals surface area contributed by atoms with Gasteiger partial charge in [0, 0.05) is 28.2 Å². The molecule has 1 amide bonds. The summed E-state index contributed by atoms with van der Waals surface area (Å²) in [5.74, 6) is -1.31. The minimum atomic E-state index is -0.959. The lowest BCUT2D eigenvalue weighted by molar-refractivity contribution is -0.132. The quantitative estimate of drug-likeness (QED) is 0.194. The zero-order chi connectivity index (χ0) is 25.6. The van der Waals surface area contributed by atoms with Gasteiger partial charge in [0.05, 0.1) is 24.4 Å². The fraction of sp³-hybridized carbons (Fsp3) is 0.172. The highest BCUT2D eigenvalue weighted by molar-refractivity contribution is 6.52. The van der Waals surface area contributed by atoms with Crippen molar-refractivity contribution in [3.05, 3.63) is 95.2 Å². The number of ketones is 1. The minimum absolute atomic E-state index is 0.0483. The number of para-hydroxylation sites is 3. The molecule has 2 heterocycles. The largest absolute Gasteiger partial charge is 0.507 e. The molecule has 5 rings (SSSR count). The van der Waals surface area contributed by atoms with Crippen LogP contribution in [0.5, 0.6) is 11.5 Å². The molecule has 0 spiro atoms. The zero-order valence-corrected chi connectivity index (χ0v) is 20.1. The van der Waals surface area contributed by atoms with Crippen LogP contribution in [-0.2, 0) is 9.59 Å². The first-order valence-electron chi connectivity index (χ1n) is 11.7. The monoisotopic (exact) mass is 482 g/mol. The molecular formula is C29H26N2O5. The second kappa shape index (κ2) is 8.92. The maximum atomic E-state index is 13.5. The summed E-state index contributed by atoms with van der Waals surface area (Å²) in [6, 6.07) is 18.1. The van der Waals surface area contributed by atoms with E-state index in [1.807, 2.05) is 38.1 Å². The molecule has 0 radical (unpaired) electrons. The number of carbonyl (C=O) groups excluding carboxylic acids is 2. The molecule has 1 aliphatic heterocycles. The summed E-state index contributed by atoms with van der Waals surface area (Å²) < 4.78 is 5.46.